The van der Waals surface area contributed by atoms with E-state index >= 15 is 0 Å². The standard InChI is InChI=1S/C14H18F2N2O3/c1-2-20-13-9-11(3-4-12(13)21-14(15)16)10-17-18-5-7-19-8-6-18/h3-4,9-10,14H,2,5-8H2,1H3/b17-10+. The second-order valence-corrected chi connectivity index (χ2v) is 4.33. The molecular formula is C14H18F2N2O3. The molecule has 0 atom stereocenters. The Bertz CT molecular complexity index is 477. The lowest BCUT2D eigenvalue weighted by Crippen LogP contribution is -2.32. The van der Waals surface area contributed by atoms with Crippen molar-refractivity contribution in [3.63, 3.8) is 0 Å². The van der Waals surface area contributed by atoms with Gasteiger partial charge in [-0.3, -0.25) is 5.01 Å². The third-order valence-electron chi connectivity index (χ3n) is 2.84. The van der Waals surface area contributed by atoms with E-state index in [0.717, 1.165) is 18.7 Å². The third kappa shape index (κ3) is 4.86. The molecule has 2 rings (SSSR count). The molecule has 0 spiro atoms. The topological polar surface area (TPSA) is 43.3 Å². The van der Waals surface area contributed by atoms with Crippen LogP contribution in [0.1, 0.15) is 12.5 Å². The predicted molar refractivity (Wildman–Crippen MR) is 74.2 cm³/mol. The van der Waals surface area contributed by atoms with Crippen molar-refractivity contribution in [2.75, 3.05) is 32.9 Å². The van der Waals surface area contributed by atoms with Crippen LogP contribution in [0.2, 0.25) is 0 Å². The van der Waals surface area contributed by atoms with Crippen LogP contribution in [0.5, 0.6) is 11.5 Å². The Kier molecular flexibility index (Phi) is 5.74. The summed E-state index contributed by atoms with van der Waals surface area (Å²) in [6.07, 6.45) is 1.67. The quantitative estimate of drug-likeness (QED) is 0.756. The average molecular weight is 300 g/mol. The average Bonchev–Trinajstić information content (AvgIpc) is 2.48. The van der Waals surface area contributed by atoms with Crippen molar-refractivity contribution in [2.45, 2.75) is 13.5 Å². The van der Waals surface area contributed by atoms with Crippen LogP contribution in [0, 0.1) is 0 Å². The molecule has 1 heterocycles. The zero-order valence-electron chi connectivity index (χ0n) is 11.8. The van der Waals surface area contributed by atoms with Crippen LogP contribution in [0.25, 0.3) is 0 Å². The Morgan fingerprint density at radius 1 is 1.33 bits per heavy atom. The van der Waals surface area contributed by atoms with Crippen molar-refractivity contribution < 1.29 is 23.0 Å². The maximum Gasteiger partial charge on any atom is 0.387 e. The van der Waals surface area contributed by atoms with Crippen LogP contribution < -0.4 is 9.47 Å². The highest BCUT2D eigenvalue weighted by Gasteiger charge is 2.11. The summed E-state index contributed by atoms with van der Waals surface area (Å²) < 4.78 is 39.6. The van der Waals surface area contributed by atoms with Gasteiger partial charge in [0.05, 0.1) is 39.1 Å². The van der Waals surface area contributed by atoms with Crippen molar-refractivity contribution in [1.29, 1.82) is 0 Å². The maximum absolute atomic E-state index is 12.3. The van der Waals surface area contributed by atoms with Gasteiger partial charge in [-0.05, 0) is 30.7 Å². The molecule has 0 bridgehead atoms. The molecule has 5 nitrogen and oxygen atoms in total. The number of hydrogen-bond donors (Lipinski definition) is 0. The zero-order chi connectivity index (χ0) is 15.1. The first-order chi connectivity index (χ1) is 10.2. The minimum absolute atomic E-state index is 0.0235. The Labute approximate surface area is 122 Å². The first-order valence-corrected chi connectivity index (χ1v) is 6.77. The van der Waals surface area contributed by atoms with Gasteiger partial charge >= 0.3 is 6.61 Å². The third-order valence-corrected chi connectivity index (χ3v) is 2.84. The molecule has 0 aliphatic carbocycles. The lowest BCUT2D eigenvalue weighted by molar-refractivity contribution is -0.0514. The number of ether oxygens (including phenoxy) is 3. The summed E-state index contributed by atoms with van der Waals surface area (Å²) >= 11 is 0. The van der Waals surface area contributed by atoms with Gasteiger partial charge in [0, 0.05) is 0 Å². The van der Waals surface area contributed by atoms with Gasteiger partial charge < -0.3 is 14.2 Å². The molecule has 1 aromatic carbocycles. The Morgan fingerprint density at radius 3 is 2.76 bits per heavy atom. The van der Waals surface area contributed by atoms with Crippen molar-refractivity contribution >= 4 is 6.21 Å². The van der Waals surface area contributed by atoms with Crippen LogP contribution in [0.15, 0.2) is 23.3 Å². The van der Waals surface area contributed by atoms with Crippen LogP contribution in [0.4, 0.5) is 8.78 Å². The van der Waals surface area contributed by atoms with E-state index in [2.05, 4.69) is 9.84 Å². The molecule has 1 aliphatic heterocycles. The monoisotopic (exact) mass is 300 g/mol. The van der Waals surface area contributed by atoms with Gasteiger partial charge in [0.1, 0.15) is 0 Å². The zero-order valence-corrected chi connectivity index (χ0v) is 11.8. The fourth-order valence-corrected chi connectivity index (χ4v) is 1.88. The molecule has 21 heavy (non-hydrogen) atoms. The van der Waals surface area contributed by atoms with Crippen molar-refractivity contribution in [3.8, 4) is 11.5 Å². The fourth-order valence-electron chi connectivity index (χ4n) is 1.88. The normalized spacial score (nSPS) is 15.7. The number of hydrazone groups is 1. The minimum atomic E-state index is -2.88. The van der Waals surface area contributed by atoms with E-state index in [1.807, 2.05) is 5.01 Å². The smallest absolute Gasteiger partial charge is 0.387 e. The first-order valence-electron chi connectivity index (χ1n) is 6.77. The van der Waals surface area contributed by atoms with Gasteiger partial charge in [0.25, 0.3) is 0 Å². The molecule has 1 aliphatic rings. The largest absolute Gasteiger partial charge is 0.490 e. The van der Waals surface area contributed by atoms with Gasteiger partial charge in [-0.15, -0.1) is 0 Å². The van der Waals surface area contributed by atoms with Gasteiger partial charge in [-0.1, -0.05) is 0 Å². The molecular weight excluding hydrogens is 282 g/mol. The van der Waals surface area contributed by atoms with E-state index in [1.54, 1.807) is 25.3 Å². The van der Waals surface area contributed by atoms with Gasteiger partial charge in [0.2, 0.25) is 0 Å². The summed E-state index contributed by atoms with van der Waals surface area (Å²) in [6.45, 7) is 2.05. The van der Waals surface area contributed by atoms with Crippen molar-refractivity contribution in [2.24, 2.45) is 5.10 Å². The lowest BCUT2D eigenvalue weighted by atomic mass is 10.2. The number of nitrogens with zero attached hydrogens (tertiary/aromatic N) is 2. The predicted octanol–water partition coefficient (Wildman–Crippen LogP) is 2.35. The summed E-state index contributed by atoms with van der Waals surface area (Å²) in [5.74, 6) is 0.305. The highest BCUT2D eigenvalue weighted by atomic mass is 19.3. The number of benzene rings is 1. The molecule has 0 saturated carbocycles. The molecule has 1 fully saturated rings. The number of alkyl halides is 2. The van der Waals surface area contributed by atoms with E-state index in [9.17, 15) is 8.78 Å². The van der Waals surface area contributed by atoms with E-state index in [0.29, 0.717) is 19.8 Å². The highest BCUT2D eigenvalue weighted by Crippen LogP contribution is 2.29. The second kappa shape index (κ2) is 7.78. The maximum atomic E-state index is 12.3. The molecule has 116 valence electrons. The number of rotatable bonds is 6. The molecule has 0 radical (unpaired) electrons. The fraction of sp³-hybridized carbons (Fsp3) is 0.500. The summed E-state index contributed by atoms with van der Waals surface area (Å²) in [5.41, 5.74) is 0.756. The van der Waals surface area contributed by atoms with E-state index in [-0.39, 0.29) is 11.5 Å². The molecule has 0 unspecified atom stereocenters. The molecule has 0 N–H and O–H groups in total. The summed E-state index contributed by atoms with van der Waals surface area (Å²) in [7, 11) is 0. The van der Waals surface area contributed by atoms with E-state index in [1.165, 1.54) is 6.07 Å². The Balaban J connectivity index is 2.08. The molecule has 0 aromatic heterocycles. The SMILES string of the molecule is CCOc1cc(/C=N/N2CCOCC2)ccc1OC(F)F. The number of halogens is 2. The lowest BCUT2D eigenvalue weighted by Gasteiger charge is -2.23. The van der Waals surface area contributed by atoms with E-state index in [4.69, 9.17) is 9.47 Å². The second-order valence-electron chi connectivity index (χ2n) is 4.33. The molecule has 1 saturated heterocycles. The van der Waals surface area contributed by atoms with Crippen LogP contribution in [-0.2, 0) is 4.74 Å². The van der Waals surface area contributed by atoms with Crippen molar-refractivity contribution in [1.82, 2.24) is 5.01 Å². The Hall–Kier alpha value is -1.89. The Morgan fingerprint density at radius 2 is 2.10 bits per heavy atom. The van der Waals surface area contributed by atoms with Gasteiger partial charge in [-0.2, -0.15) is 13.9 Å². The summed E-state index contributed by atoms with van der Waals surface area (Å²) in [5, 5.41) is 6.23. The molecule has 0 amide bonds. The van der Waals surface area contributed by atoms with Crippen LogP contribution in [-0.4, -0.2) is 50.7 Å². The summed E-state index contributed by atoms with van der Waals surface area (Å²) in [4.78, 5) is 0. The highest BCUT2D eigenvalue weighted by molar-refractivity contribution is 5.80. The van der Waals surface area contributed by atoms with Crippen LogP contribution in [0.3, 0.4) is 0 Å². The first kappa shape index (κ1) is 15.5. The number of hydrogen-bond acceptors (Lipinski definition) is 5. The summed E-state index contributed by atoms with van der Waals surface area (Å²) in [6, 6.07) is 4.74. The molecule has 7 heteroatoms. The van der Waals surface area contributed by atoms with Crippen molar-refractivity contribution in [3.05, 3.63) is 23.8 Å². The number of morpholine rings is 1. The van der Waals surface area contributed by atoms with Gasteiger partial charge in [-0.25, -0.2) is 0 Å². The van der Waals surface area contributed by atoms with Crippen LogP contribution >= 0.6 is 0 Å². The minimum Gasteiger partial charge on any atom is -0.490 e. The van der Waals surface area contributed by atoms with E-state index < -0.39 is 6.61 Å². The molecule has 1 aromatic rings. The van der Waals surface area contributed by atoms with Gasteiger partial charge in [0.15, 0.2) is 11.5 Å².